The van der Waals surface area contributed by atoms with Crippen molar-refractivity contribution in [2.45, 2.75) is 64.7 Å². The van der Waals surface area contributed by atoms with Crippen molar-refractivity contribution in [1.82, 2.24) is 0 Å². The summed E-state index contributed by atoms with van der Waals surface area (Å²) in [6.45, 7) is 15.9. The van der Waals surface area contributed by atoms with E-state index in [-0.39, 0.29) is 36.3 Å². The summed E-state index contributed by atoms with van der Waals surface area (Å²) in [7, 11) is 3.32. The van der Waals surface area contributed by atoms with Crippen molar-refractivity contribution in [1.29, 1.82) is 0 Å². The largest absolute Gasteiger partial charge is 0.375 e. The van der Waals surface area contributed by atoms with E-state index in [0.717, 1.165) is 11.1 Å². The molecule has 0 aromatic carbocycles. The van der Waals surface area contributed by atoms with Crippen LogP contribution in [0.2, 0.25) is 0 Å². The van der Waals surface area contributed by atoms with Crippen molar-refractivity contribution >= 4 is 0 Å². The van der Waals surface area contributed by atoms with Gasteiger partial charge in [-0.3, -0.25) is 0 Å². The molecule has 2 aliphatic rings. The molecule has 0 radical (unpaired) electrons. The van der Waals surface area contributed by atoms with Crippen molar-refractivity contribution in [3.63, 3.8) is 0 Å². The Balaban J connectivity index is 2.16. The third-order valence-corrected chi connectivity index (χ3v) is 5.30. The predicted octanol–water partition coefficient (Wildman–Crippen LogP) is 4.02. The molecule has 0 saturated carbocycles. The number of rotatable bonds is 8. The van der Waals surface area contributed by atoms with Crippen molar-refractivity contribution in [3.8, 4) is 0 Å². The molecule has 0 bridgehead atoms. The van der Waals surface area contributed by atoms with Crippen LogP contribution < -0.4 is 0 Å². The molecule has 27 heavy (non-hydrogen) atoms. The third-order valence-electron chi connectivity index (χ3n) is 5.30. The van der Waals surface area contributed by atoms with Gasteiger partial charge in [-0.25, -0.2) is 0 Å². The summed E-state index contributed by atoms with van der Waals surface area (Å²) in [5.41, 5.74) is 2.05. The molecule has 0 unspecified atom stereocenters. The summed E-state index contributed by atoms with van der Waals surface area (Å²) in [6, 6.07) is 0. The molecule has 2 aliphatic heterocycles. The van der Waals surface area contributed by atoms with Gasteiger partial charge in [-0.15, -0.1) is 13.2 Å². The van der Waals surface area contributed by atoms with Crippen molar-refractivity contribution in [2.75, 3.05) is 14.2 Å². The predicted molar refractivity (Wildman–Crippen MR) is 106 cm³/mol. The van der Waals surface area contributed by atoms with Crippen LogP contribution in [-0.2, 0) is 23.7 Å². The number of hydrogen-bond donors (Lipinski definition) is 0. The van der Waals surface area contributed by atoms with Gasteiger partial charge < -0.3 is 23.7 Å². The molecule has 152 valence electrons. The van der Waals surface area contributed by atoms with Crippen LogP contribution >= 0.6 is 0 Å². The van der Waals surface area contributed by atoms with Gasteiger partial charge >= 0.3 is 0 Å². The summed E-state index contributed by atoms with van der Waals surface area (Å²) < 4.78 is 29.7. The lowest BCUT2D eigenvalue weighted by Crippen LogP contribution is -2.46. The lowest BCUT2D eigenvalue weighted by Gasteiger charge is -2.40. The van der Waals surface area contributed by atoms with Gasteiger partial charge in [-0.05, 0) is 25.0 Å². The van der Waals surface area contributed by atoms with Gasteiger partial charge in [-0.1, -0.05) is 38.2 Å². The van der Waals surface area contributed by atoms with E-state index < -0.39 is 12.6 Å². The van der Waals surface area contributed by atoms with Gasteiger partial charge in [0, 0.05) is 26.1 Å². The Morgan fingerprint density at radius 2 is 1.22 bits per heavy atom. The minimum absolute atomic E-state index is 0.163. The smallest absolute Gasteiger partial charge is 0.183 e. The second-order valence-corrected chi connectivity index (χ2v) is 7.41. The number of hydrogen-bond acceptors (Lipinski definition) is 5. The van der Waals surface area contributed by atoms with E-state index in [1.165, 1.54) is 0 Å². The highest BCUT2D eigenvalue weighted by Crippen LogP contribution is 2.33. The van der Waals surface area contributed by atoms with Crippen LogP contribution in [-0.4, -0.2) is 51.2 Å². The molecule has 5 heteroatoms. The normalized spacial score (nSPS) is 36.4. The molecule has 0 fully saturated rings. The molecule has 0 saturated heterocycles. The number of methoxy groups -OCH3 is 2. The molecule has 0 amide bonds. The lowest BCUT2D eigenvalue weighted by atomic mass is 9.93. The third kappa shape index (κ3) is 4.98. The molecule has 2 rings (SSSR count). The topological polar surface area (TPSA) is 46.2 Å². The Kier molecular flexibility index (Phi) is 8.01. The van der Waals surface area contributed by atoms with E-state index in [2.05, 4.69) is 39.2 Å². The molecule has 0 aromatic rings. The molecule has 0 N–H and O–H groups in total. The second kappa shape index (κ2) is 9.80. The summed E-state index contributed by atoms with van der Waals surface area (Å²) in [5, 5.41) is 0. The summed E-state index contributed by atoms with van der Waals surface area (Å²) in [4.78, 5) is 0. The van der Waals surface area contributed by atoms with E-state index in [0.29, 0.717) is 0 Å². The minimum atomic E-state index is -0.504. The van der Waals surface area contributed by atoms with E-state index in [1.54, 1.807) is 26.4 Å². The fourth-order valence-electron chi connectivity index (χ4n) is 3.80. The summed E-state index contributed by atoms with van der Waals surface area (Å²) in [5.74, 6) is 0.395. The van der Waals surface area contributed by atoms with Crippen LogP contribution in [0.5, 0.6) is 0 Å². The number of ether oxygens (including phenoxy) is 5. The maximum Gasteiger partial charge on any atom is 0.183 e. The van der Waals surface area contributed by atoms with Gasteiger partial charge in [0.25, 0.3) is 0 Å². The zero-order chi connectivity index (χ0) is 20.1. The Bertz CT molecular complexity index is 531. The van der Waals surface area contributed by atoms with Crippen LogP contribution in [0.3, 0.4) is 0 Å². The van der Waals surface area contributed by atoms with Crippen molar-refractivity contribution in [2.24, 2.45) is 11.8 Å². The maximum absolute atomic E-state index is 6.24. The first kappa shape index (κ1) is 22.1. The van der Waals surface area contributed by atoms with Crippen molar-refractivity contribution < 1.29 is 23.7 Å². The highest BCUT2D eigenvalue weighted by molar-refractivity contribution is 5.15. The molecule has 0 aromatic heterocycles. The SMILES string of the molecule is C=C[C@H](OC)[C@H]1O[C@H](O[C@H]2O[C@H]([C@H](C=C)OC)[C@H](C)C=C2C)C(C)=C[C@H]1C. The first-order chi connectivity index (χ1) is 12.9. The fraction of sp³-hybridized carbons (Fsp3) is 0.636. The van der Waals surface area contributed by atoms with Gasteiger partial charge in [0.1, 0.15) is 12.2 Å². The Hall–Kier alpha value is -1.24. The van der Waals surface area contributed by atoms with E-state index in [9.17, 15) is 0 Å². The van der Waals surface area contributed by atoms with Crippen molar-refractivity contribution in [3.05, 3.63) is 48.6 Å². The zero-order valence-electron chi connectivity index (χ0n) is 17.4. The average Bonchev–Trinajstić information content (AvgIpc) is 2.63. The molecular formula is C22H34O5. The highest BCUT2D eigenvalue weighted by atomic mass is 16.8. The fourth-order valence-corrected chi connectivity index (χ4v) is 3.80. The quantitative estimate of drug-likeness (QED) is 0.597. The minimum Gasteiger partial charge on any atom is -0.375 e. The highest BCUT2D eigenvalue weighted by Gasteiger charge is 2.38. The molecular weight excluding hydrogens is 344 g/mol. The molecule has 2 heterocycles. The van der Waals surface area contributed by atoms with Crippen LogP contribution in [0, 0.1) is 11.8 Å². The Labute approximate surface area is 163 Å². The van der Waals surface area contributed by atoms with E-state index >= 15 is 0 Å². The van der Waals surface area contributed by atoms with Gasteiger partial charge in [0.2, 0.25) is 0 Å². The van der Waals surface area contributed by atoms with Gasteiger partial charge in [0.15, 0.2) is 12.6 Å². The van der Waals surface area contributed by atoms with E-state index in [4.69, 9.17) is 23.7 Å². The molecule has 0 spiro atoms. The Morgan fingerprint density at radius 3 is 1.52 bits per heavy atom. The first-order valence-corrected chi connectivity index (χ1v) is 9.49. The van der Waals surface area contributed by atoms with E-state index in [1.807, 2.05) is 13.8 Å². The molecule has 5 nitrogen and oxygen atoms in total. The first-order valence-electron chi connectivity index (χ1n) is 9.49. The molecule has 8 atom stereocenters. The monoisotopic (exact) mass is 378 g/mol. The average molecular weight is 379 g/mol. The second-order valence-electron chi connectivity index (χ2n) is 7.41. The van der Waals surface area contributed by atoms with Crippen LogP contribution in [0.4, 0.5) is 0 Å². The summed E-state index contributed by atoms with van der Waals surface area (Å²) in [6.07, 6.45) is 6.12. The van der Waals surface area contributed by atoms with Crippen LogP contribution in [0.25, 0.3) is 0 Å². The van der Waals surface area contributed by atoms with Crippen LogP contribution in [0.15, 0.2) is 48.6 Å². The van der Waals surface area contributed by atoms with Gasteiger partial charge in [-0.2, -0.15) is 0 Å². The lowest BCUT2D eigenvalue weighted by molar-refractivity contribution is -0.270. The standard InChI is InChI=1S/C22H34O5/c1-9-17(23-7)19-13(3)11-15(5)21(25-19)27-22-16(6)12-14(4)20(26-22)18(10-2)24-8/h9-14,17-22H,1-2H2,3-8H3/t13-,14-,17+,18+,19+,20+,21-,22-/m1/s1. The Morgan fingerprint density at radius 1 is 0.852 bits per heavy atom. The maximum atomic E-state index is 6.24. The van der Waals surface area contributed by atoms with Crippen LogP contribution in [0.1, 0.15) is 27.7 Å². The zero-order valence-corrected chi connectivity index (χ0v) is 17.4. The summed E-state index contributed by atoms with van der Waals surface area (Å²) >= 11 is 0. The molecule has 0 aliphatic carbocycles. The van der Waals surface area contributed by atoms with Gasteiger partial charge in [0.05, 0.1) is 12.2 Å².